The standard InChI is InChI=1S/C20H19N3O/c1-14-10-15(2)12-18(11-14)22-19-13-16(8-9-21-19)20(24)23-17-6-4-3-5-7-17/h3-13H,1-2H3,(H,21,22)(H,23,24). The van der Waals surface area contributed by atoms with Gasteiger partial charge in [0.15, 0.2) is 0 Å². The summed E-state index contributed by atoms with van der Waals surface area (Å²) in [6.45, 7) is 4.10. The van der Waals surface area contributed by atoms with E-state index in [9.17, 15) is 4.79 Å². The molecule has 4 nitrogen and oxygen atoms in total. The second-order valence-electron chi connectivity index (χ2n) is 5.75. The fourth-order valence-electron chi connectivity index (χ4n) is 2.56. The van der Waals surface area contributed by atoms with E-state index in [1.54, 1.807) is 18.3 Å². The fourth-order valence-corrected chi connectivity index (χ4v) is 2.56. The predicted molar refractivity (Wildman–Crippen MR) is 97.8 cm³/mol. The number of amides is 1. The average Bonchev–Trinajstić information content (AvgIpc) is 2.55. The highest BCUT2D eigenvalue weighted by Gasteiger charge is 2.08. The molecule has 24 heavy (non-hydrogen) atoms. The number of para-hydroxylation sites is 1. The number of aryl methyl sites for hydroxylation is 2. The quantitative estimate of drug-likeness (QED) is 0.733. The van der Waals surface area contributed by atoms with E-state index >= 15 is 0 Å². The smallest absolute Gasteiger partial charge is 0.255 e. The van der Waals surface area contributed by atoms with E-state index in [1.807, 2.05) is 42.5 Å². The minimum atomic E-state index is -0.160. The van der Waals surface area contributed by atoms with Crippen LogP contribution in [-0.4, -0.2) is 10.9 Å². The van der Waals surface area contributed by atoms with Crippen LogP contribution in [0.3, 0.4) is 0 Å². The summed E-state index contributed by atoms with van der Waals surface area (Å²) >= 11 is 0. The third-order valence-corrected chi connectivity index (χ3v) is 3.55. The van der Waals surface area contributed by atoms with Gasteiger partial charge in [0.25, 0.3) is 5.91 Å². The van der Waals surface area contributed by atoms with Gasteiger partial charge in [0.05, 0.1) is 0 Å². The van der Waals surface area contributed by atoms with Gasteiger partial charge in [0.2, 0.25) is 0 Å². The molecule has 0 bridgehead atoms. The molecule has 1 amide bonds. The summed E-state index contributed by atoms with van der Waals surface area (Å²) in [7, 11) is 0. The van der Waals surface area contributed by atoms with Gasteiger partial charge in [0.1, 0.15) is 5.82 Å². The van der Waals surface area contributed by atoms with E-state index in [4.69, 9.17) is 0 Å². The van der Waals surface area contributed by atoms with Gasteiger partial charge < -0.3 is 10.6 Å². The van der Waals surface area contributed by atoms with Crippen molar-refractivity contribution in [3.05, 3.63) is 83.6 Å². The Bertz CT molecular complexity index is 840. The lowest BCUT2D eigenvalue weighted by Crippen LogP contribution is -2.12. The molecular weight excluding hydrogens is 298 g/mol. The van der Waals surface area contributed by atoms with E-state index in [2.05, 4.69) is 35.5 Å². The van der Waals surface area contributed by atoms with Crippen LogP contribution in [0, 0.1) is 13.8 Å². The van der Waals surface area contributed by atoms with Crippen LogP contribution in [0.25, 0.3) is 0 Å². The van der Waals surface area contributed by atoms with E-state index < -0.39 is 0 Å². The molecule has 0 saturated heterocycles. The highest BCUT2D eigenvalue weighted by Crippen LogP contribution is 2.19. The third kappa shape index (κ3) is 3.98. The highest BCUT2D eigenvalue weighted by atomic mass is 16.1. The van der Waals surface area contributed by atoms with Crippen LogP contribution < -0.4 is 10.6 Å². The van der Waals surface area contributed by atoms with Crippen molar-refractivity contribution >= 4 is 23.1 Å². The van der Waals surface area contributed by atoms with Crippen LogP contribution in [0.15, 0.2) is 66.9 Å². The van der Waals surface area contributed by atoms with Crippen molar-refractivity contribution in [1.82, 2.24) is 4.98 Å². The monoisotopic (exact) mass is 317 g/mol. The first kappa shape index (κ1) is 15.7. The number of carbonyl (C=O) groups is 1. The lowest BCUT2D eigenvalue weighted by molar-refractivity contribution is 0.102. The minimum Gasteiger partial charge on any atom is -0.340 e. The average molecular weight is 317 g/mol. The minimum absolute atomic E-state index is 0.160. The molecule has 120 valence electrons. The van der Waals surface area contributed by atoms with Crippen LogP contribution in [0.2, 0.25) is 0 Å². The molecule has 0 radical (unpaired) electrons. The number of nitrogens with zero attached hydrogens (tertiary/aromatic N) is 1. The molecule has 0 saturated carbocycles. The number of hydrogen-bond acceptors (Lipinski definition) is 3. The second kappa shape index (κ2) is 6.96. The number of pyridine rings is 1. The summed E-state index contributed by atoms with van der Waals surface area (Å²) in [6.07, 6.45) is 1.63. The van der Waals surface area contributed by atoms with Crippen molar-refractivity contribution in [2.45, 2.75) is 13.8 Å². The van der Waals surface area contributed by atoms with Crippen LogP contribution in [0.1, 0.15) is 21.5 Å². The summed E-state index contributed by atoms with van der Waals surface area (Å²) in [5.41, 5.74) is 4.63. The molecule has 0 spiro atoms. The van der Waals surface area contributed by atoms with E-state index in [0.717, 1.165) is 11.4 Å². The topological polar surface area (TPSA) is 54.0 Å². The first-order chi connectivity index (χ1) is 11.6. The highest BCUT2D eigenvalue weighted by molar-refractivity contribution is 6.04. The Morgan fingerprint density at radius 1 is 0.875 bits per heavy atom. The van der Waals surface area contributed by atoms with Gasteiger partial charge in [-0.25, -0.2) is 4.98 Å². The Morgan fingerprint density at radius 3 is 2.29 bits per heavy atom. The molecule has 0 aliphatic carbocycles. The number of rotatable bonds is 4. The molecule has 1 aromatic heterocycles. The van der Waals surface area contributed by atoms with Crippen molar-refractivity contribution in [2.24, 2.45) is 0 Å². The van der Waals surface area contributed by atoms with Crippen molar-refractivity contribution in [1.29, 1.82) is 0 Å². The zero-order valence-electron chi connectivity index (χ0n) is 13.7. The lowest BCUT2D eigenvalue weighted by atomic mass is 10.1. The van der Waals surface area contributed by atoms with Gasteiger partial charge in [-0.05, 0) is 61.4 Å². The van der Waals surface area contributed by atoms with Gasteiger partial charge in [-0.1, -0.05) is 24.3 Å². The zero-order valence-corrected chi connectivity index (χ0v) is 13.7. The van der Waals surface area contributed by atoms with Gasteiger partial charge in [-0.3, -0.25) is 4.79 Å². The van der Waals surface area contributed by atoms with E-state index in [-0.39, 0.29) is 5.91 Å². The molecule has 2 N–H and O–H groups in total. The van der Waals surface area contributed by atoms with Crippen LogP contribution in [0.5, 0.6) is 0 Å². The number of anilines is 3. The molecule has 0 aliphatic heterocycles. The lowest BCUT2D eigenvalue weighted by Gasteiger charge is -2.10. The normalized spacial score (nSPS) is 10.2. The Morgan fingerprint density at radius 2 is 1.58 bits per heavy atom. The van der Waals surface area contributed by atoms with Crippen LogP contribution in [0.4, 0.5) is 17.2 Å². The molecule has 2 aromatic carbocycles. The maximum atomic E-state index is 12.4. The van der Waals surface area contributed by atoms with Gasteiger partial charge in [0, 0.05) is 23.1 Å². The first-order valence-electron chi connectivity index (χ1n) is 7.78. The Kier molecular flexibility index (Phi) is 4.57. The predicted octanol–water partition coefficient (Wildman–Crippen LogP) is 4.69. The molecule has 0 unspecified atom stereocenters. The summed E-state index contributed by atoms with van der Waals surface area (Å²) in [4.78, 5) is 16.7. The Labute approximate surface area is 141 Å². The summed E-state index contributed by atoms with van der Waals surface area (Å²) in [5, 5.41) is 6.13. The summed E-state index contributed by atoms with van der Waals surface area (Å²) in [6, 6.07) is 19.0. The number of benzene rings is 2. The molecule has 0 fully saturated rings. The number of nitrogens with one attached hydrogen (secondary N) is 2. The molecule has 3 aromatic rings. The summed E-state index contributed by atoms with van der Waals surface area (Å²) in [5.74, 6) is 0.479. The van der Waals surface area contributed by atoms with Crippen LogP contribution >= 0.6 is 0 Å². The van der Waals surface area contributed by atoms with Crippen molar-refractivity contribution in [2.75, 3.05) is 10.6 Å². The number of carbonyl (C=O) groups excluding carboxylic acids is 1. The molecule has 0 atom stereocenters. The Hall–Kier alpha value is -3.14. The molecule has 4 heteroatoms. The van der Waals surface area contributed by atoms with Crippen LogP contribution in [-0.2, 0) is 0 Å². The maximum absolute atomic E-state index is 12.4. The number of aromatic nitrogens is 1. The SMILES string of the molecule is Cc1cc(C)cc(Nc2cc(C(=O)Nc3ccccc3)ccn2)c1. The van der Waals surface area contributed by atoms with E-state index in [0.29, 0.717) is 11.4 Å². The van der Waals surface area contributed by atoms with E-state index in [1.165, 1.54) is 11.1 Å². The first-order valence-corrected chi connectivity index (χ1v) is 7.78. The van der Waals surface area contributed by atoms with Gasteiger partial charge in [-0.2, -0.15) is 0 Å². The largest absolute Gasteiger partial charge is 0.340 e. The second-order valence-corrected chi connectivity index (χ2v) is 5.75. The fraction of sp³-hybridized carbons (Fsp3) is 0.100. The molecule has 1 heterocycles. The molecule has 3 rings (SSSR count). The third-order valence-electron chi connectivity index (χ3n) is 3.55. The zero-order chi connectivity index (χ0) is 16.9. The number of hydrogen-bond donors (Lipinski definition) is 2. The van der Waals surface area contributed by atoms with Gasteiger partial charge >= 0.3 is 0 Å². The molecular formula is C20H19N3O. The summed E-state index contributed by atoms with van der Waals surface area (Å²) < 4.78 is 0. The van der Waals surface area contributed by atoms with Crippen molar-refractivity contribution in [3.8, 4) is 0 Å². The molecule has 0 aliphatic rings. The van der Waals surface area contributed by atoms with Gasteiger partial charge in [-0.15, -0.1) is 0 Å². The van der Waals surface area contributed by atoms with Crippen molar-refractivity contribution < 1.29 is 4.79 Å². The maximum Gasteiger partial charge on any atom is 0.255 e. The Balaban J connectivity index is 1.77. The van der Waals surface area contributed by atoms with Crippen molar-refractivity contribution in [3.63, 3.8) is 0 Å².